The molecule has 2 aromatic rings. The number of azide groups is 1. The van der Waals surface area contributed by atoms with Crippen LogP contribution in [0.15, 0.2) is 27.7 Å². The topological polar surface area (TPSA) is 74.8 Å². The highest BCUT2D eigenvalue weighted by molar-refractivity contribution is 5.76. The van der Waals surface area contributed by atoms with E-state index in [1.807, 2.05) is 0 Å². The molecule has 0 bridgehead atoms. The predicted molar refractivity (Wildman–Crippen MR) is 61.4 cm³/mol. The molecule has 0 radical (unpaired) electrons. The fraction of sp³-hybridized carbons (Fsp3) is 0.364. The lowest BCUT2D eigenvalue weighted by Gasteiger charge is -1.89. The molecule has 0 saturated carbocycles. The van der Waals surface area contributed by atoms with Gasteiger partial charge in [0.2, 0.25) is 0 Å². The lowest BCUT2D eigenvalue weighted by Crippen LogP contribution is -1.82. The van der Waals surface area contributed by atoms with E-state index in [0.29, 0.717) is 5.69 Å². The molecule has 82 valence electrons. The van der Waals surface area contributed by atoms with E-state index in [1.165, 1.54) is 0 Å². The first-order chi connectivity index (χ1) is 7.83. The standard InChI is InChI=1S/C11H12N4O/c1-2-3-4-11-13-9-7-8(14-15-12)5-6-10(9)16-11/h5-7H,2-4H2,1H3. The van der Waals surface area contributed by atoms with Crippen LogP contribution in [0.4, 0.5) is 5.69 Å². The Morgan fingerprint density at radius 2 is 2.38 bits per heavy atom. The summed E-state index contributed by atoms with van der Waals surface area (Å²) in [5, 5.41) is 3.53. The van der Waals surface area contributed by atoms with Crippen molar-refractivity contribution in [2.24, 2.45) is 5.11 Å². The van der Waals surface area contributed by atoms with Crippen molar-refractivity contribution in [2.75, 3.05) is 0 Å². The first-order valence-corrected chi connectivity index (χ1v) is 5.28. The van der Waals surface area contributed by atoms with E-state index in [4.69, 9.17) is 9.95 Å². The fourth-order valence-electron chi connectivity index (χ4n) is 1.51. The van der Waals surface area contributed by atoms with E-state index >= 15 is 0 Å². The van der Waals surface area contributed by atoms with Gasteiger partial charge in [-0.1, -0.05) is 18.5 Å². The van der Waals surface area contributed by atoms with Crippen molar-refractivity contribution >= 4 is 16.8 Å². The molecule has 5 heteroatoms. The SMILES string of the molecule is CCCCc1nc2cc(N=[N+]=[N-])ccc2o1. The van der Waals surface area contributed by atoms with Crippen LogP contribution in [0.3, 0.4) is 0 Å². The Bertz CT molecular complexity index is 540. The Hall–Kier alpha value is -2.00. The van der Waals surface area contributed by atoms with Crippen LogP contribution in [0.25, 0.3) is 21.5 Å². The smallest absolute Gasteiger partial charge is 0.195 e. The van der Waals surface area contributed by atoms with Gasteiger partial charge in [0.25, 0.3) is 0 Å². The number of benzene rings is 1. The van der Waals surface area contributed by atoms with Crippen LogP contribution in [0, 0.1) is 0 Å². The molecule has 16 heavy (non-hydrogen) atoms. The third-order valence-electron chi connectivity index (χ3n) is 2.32. The first-order valence-electron chi connectivity index (χ1n) is 5.28. The van der Waals surface area contributed by atoms with Gasteiger partial charge in [-0.25, -0.2) is 4.98 Å². The second-order valence-corrected chi connectivity index (χ2v) is 3.55. The number of oxazole rings is 1. The Kier molecular flexibility index (Phi) is 3.08. The molecule has 1 aromatic carbocycles. The van der Waals surface area contributed by atoms with Gasteiger partial charge in [-0.15, -0.1) is 0 Å². The molecule has 0 fully saturated rings. The number of hydrogen-bond acceptors (Lipinski definition) is 3. The number of fused-ring (bicyclic) bond motifs is 1. The van der Waals surface area contributed by atoms with Crippen molar-refractivity contribution in [3.63, 3.8) is 0 Å². The Balaban J connectivity index is 2.34. The number of unbranched alkanes of at least 4 members (excludes halogenated alkanes) is 1. The quantitative estimate of drug-likeness (QED) is 0.438. The Morgan fingerprint density at radius 1 is 1.50 bits per heavy atom. The van der Waals surface area contributed by atoms with Crippen molar-refractivity contribution in [2.45, 2.75) is 26.2 Å². The number of rotatable bonds is 4. The summed E-state index contributed by atoms with van der Waals surface area (Å²) < 4.78 is 5.56. The van der Waals surface area contributed by atoms with Gasteiger partial charge in [-0.05, 0) is 30.2 Å². The minimum absolute atomic E-state index is 0.561. The third kappa shape index (κ3) is 2.15. The van der Waals surface area contributed by atoms with E-state index in [2.05, 4.69) is 21.9 Å². The van der Waals surface area contributed by atoms with Gasteiger partial charge in [0.05, 0.1) is 0 Å². The largest absolute Gasteiger partial charge is 0.441 e. The highest BCUT2D eigenvalue weighted by Gasteiger charge is 2.05. The molecule has 1 aromatic heterocycles. The highest BCUT2D eigenvalue weighted by atomic mass is 16.3. The second kappa shape index (κ2) is 4.68. The average Bonchev–Trinajstić information content (AvgIpc) is 2.68. The van der Waals surface area contributed by atoms with Gasteiger partial charge >= 0.3 is 0 Å². The molecule has 0 atom stereocenters. The fourth-order valence-corrected chi connectivity index (χ4v) is 1.51. The van der Waals surface area contributed by atoms with Gasteiger partial charge in [-0.2, -0.15) is 0 Å². The van der Waals surface area contributed by atoms with Crippen LogP contribution >= 0.6 is 0 Å². The van der Waals surface area contributed by atoms with Crippen molar-refractivity contribution in [1.29, 1.82) is 0 Å². The molecule has 0 unspecified atom stereocenters. The maximum absolute atomic E-state index is 8.33. The minimum atomic E-state index is 0.561. The summed E-state index contributed by atoms with van der Waals surface area (Å²) in [4.78, 5) is 7.08. The van der Waals surface area contributed by atoms with E-state index in [-0.39, 0.29) is 0 Å². The van der Waals surface area contributed by atoms with Gasteiger partial charge in [0, 0.05) is 17.0 Å². The number of hydrogen-bond donors (Lipinski definition) is 0. The zero-order valence-electron chi connectivity index (χ0n) is 9.05. The zero-order chi connectivity index (χ0) is 11.4. The molecule has 0 spiro atoms. The second-order valence-electron chi connectivity index (χ2n) is 3.55. The van der Waals surface area contributed by atoms with Crippen molar-refractivity contribution in [3.05, 3.63) is 34.5 Å². The molecule has 0 saturated heterocycles. The van der Waals surface area contributed by atoms with Gasteiger partial charge in [0.15, 0.2) is 11.5 Å². The lowest BCUT2D eigenvalue weighted by atomic mass is 10.2. The van der Waals surface area contributed by atoms with Crippen molar-refractivity contribution in [1.82, 2.24) is 4.98 Å². The molecule has 2 rings (SSSR count). The maximum Gasteiger partial charge on any atom is 0.195 e. The first kappa shape index (κ1) is 10.5. The maximum atomic E-state index is 8.33. The molecule has 5 nitrogen and oxygen atoms in total. The van der Waals surface area contributed by atoms with Crippen LogP contribution in [-0.4, -0.2) is 4.98 Å². The summed E-state index contributed by atoms with van der Waals surface area (Å²) in [6.07, 6.45) is 3.03. The highest BCUT2D eigenvalue weighted by Crippen LogP contribution is 2.22. The van der Waals surface area contributed by atoms with Crippen LogP contribution in [-0.2, 0) is 6.42 Å². The molecular formula is C11H12N4O. The van der Waals surface area contributed by atoms with E-state index in [9.17, 15) is 0 Å². The summed E-state index contributed by atoms with van der Waals surface area (Å²) in [5.41, 5.74) is 10.4. The summed E-state index contributed by atoms with van der Waals surface area (Å²) in [6, 6.07) is 5.23. The zero-order valence-corrected chi connectivity index (χ0v) is 9.05. The van der Waals surface area contributed by atoms with Crippen LogP contribution in [0.1, 0.15) is 25.7 Å². The van der Waals surface area contributed by atoms with Gasteiger partial charge in [-0.3, -0.25) is 0 Å². The lowest BCUT2D eigenvalue weighted by molar-refractivity contribution is 0.517. The monoisotopic (exact) mass is 216 g/mol. The molecular weight excluding hydrogens is 204 g/mol. The van der Waals surface area contributed by atoms with Crippen LogP contribution in [0.2, 0.25) is 0 Å². The van der Waals surface area contributed by atoms with E-state index in [0.717, 1.165) is 36.3 Å². The molecule has 1 heterocycles. The minimum Gasteiger partial charge on any atom is -0.441 e. The van der Waals surface area contributed by atoms with Crippen molar-refractivity contribution < 1.29 is 4.42 Å². The number of aryl methyl sites for hydroxylation is 1. The van der Waals surface area contributed by atoms with E-state index in [1.54, 1.807) is 18.2 Å². The third-order valence-corrected chi connectivity index (χ3v) is 2.32. The summed E-state index contributed by atoms with van der Waals surface area (Å²) in [6.45, 7) is 2.13. The van der Waals surface area contributed by atoms with Gasteiger partial charge < -0.3 is 4.42 Å². The summed E-state index contributed by atoms with van der Waals surface area (Å²) in [5.74, 6) is 0.745. The van der Waals surface area contributed by atoms with E-state index < -0.39 is 0 Å². The molecule has 0 amide bonds. The molecule has 0 aliphatic carbocycles. The Labute approximate surface area is 92.7 Å². The summed E-state index contributed by atoms with van der Waals surface area (Å²) in [7, 11) is 0. The predicted octanol–water partition coefficient (Wildman–Crippen LogP) is 4.11. The van der Waals surface area contributed by atoms with Crippen LogP contribution < -0.4 is 0 Å². The normalized spacial score (nSPS) is 10.3. The molecule has 0 aliphatic heterocycles. The number of aromatic nitrogens is 1. The van der Waals surface area contributed by atoms with Crippen LogP contribution in [0.5, 0.6) is 0 Å². The Morgan fingerprint density at radius 3 is 3.12 bits per heavy atom. The number of nitrogens with zero attached hydrogens (tertiary/aromatic N) is 4. The molecule has 0 aliphatic rings. The average molecular weight is 216 g/mol. The summed E-state index contributed by atoms with van der Waals surface area (Å²) >= 11 is 0. The van der Waals surface area contributed by atoms with Crippen molar-refractivity contribution in [3.8, 4) is 0 Å². The molecule has 0 N–H and O–H groups in total. The van der Waals surface area contributed by atoms with Gasteiger partial charge in [0.1, 0.15) is 5.52 Å².